The van der Waals surface area contributed by atoms with Gasteiger partial charge in [-0.3, -0.25) is 4.79 Å². The Hall–Kier alpha value is -1.39. The molecule has 0 amide bonds. The summed E-state index contributed by atoms with van der Waals surface area (Å²) < 4.78 is 1.71. The Bertz CT molecular complexity index is 587. The van der Waals surface area contributed by atoms with Gasteiger partial charge in [-0.05, 0) is 26.0 Å². The largest absolute Gasteiger partial charge is 0.294 e. The van der Waals surface area contributed by atoms with E-state index in [1.54, 1.807) is 22.9 Å². The lowest BCUT2D eigenvalue weighted by Gasteiger charge is -2.10. The van der Waals surface area contributed by atoms with E-state index >= 15 is 0 Å². The molecule has 0 bridgehead atoms. The molecule has 0 fully saturated rings. The third-order valence-electron chi connectivity index (χ3n) is 2.70. The molecule has 4 nitrogen and oxygen atoms in total. The van der Waals surface area contributed by atoms with Crippen LogP contribution in [0.1, 0.15) is 36.1 Å². The molecule has 1 heterocycles. The summed E-state index contributed by atoms with van der Waals surface area (Å²) in [5.41, 5.74) is 0.337. The van der Waals surface area contributed by atoms with Gasteiger partial charge in [-0.15, -0.1) is 0 Å². The number of halogens is 2. The number of carbonyl (C=O) groups excluding carboxylic acids is 1. The van der Waals surface area contributed by atoms with Crippen molar-refractivity contribution in [1.29, 1.82) is 0 Å². The molecule has 1 aromatic heterocycles. The minimum atomic E-state index is -0.162. The second-order valence-corrected chi connectivity index (χ2v) is 5.23. The Morgan fingerprint density at radius 2 is 1.95 bits per heavy atom. The second kappa shape index (κ2) is 5.72. The second-order valence-electron chi connectivity index (χ2n) is 4.41. The first-order chi connectivity index (χ1) is 9.00. The Morgan fingerprint density at radius 3 is 2.53 bits per heavy atom. The van der Waals surface area contributed by atoms with E-state index in [1.807, 2.05) is 13.8 Å². The highest BCUT2D eigenvalue weighted by Crippen LogP contribution is 2.25. The van der Waals surface area contributed by atoms with Crippen molar-refractivity contribution >= 4 is 29.0 Å². The topological polar surface area (TPSA) is 47.8 Å². The van der Waals surface area contributed by atoms with E-state index in [4.69, 9.17) is 23.2 Å². The first-order valence-corrected chi connectivity index (χ1v) is 6.62. The van der Waals surface area contributed by atoms with E-state index < -0.39 is 0 Å². The number of rotatable bonds is 4. The van der Waals surface area contributed by atoms with Crippen LogP contribution in [0.15, 0.2) is 24.5 Å². The van der Waals surface area contributed by atoms with Gasteiger partial charge in [0.25, 0.3) is 0 Å². The van der Waals surface area contributed by atoms with Crippen molar-refractivity contribution in [1.82, 2.24) is 14.8 Å². The van der Waals surface area contributed by atoms with Gasteiger partial charge in [0.15, 0.2) is 5.78 Å². The molecule has 19 heavy (non-hydrogen) atoms. The van der Waals surface area contributed by atoms with Crippen LogP contribution >= 0.6 is 23.2 Å². The number of benzene rings is 1. The first-order valence-electron chi connectivity index (χ1n) is 5.86. The van der Waals surface area contributed by atoms with Crippen molar-refractivity contribution in [2.45, 2.75) is 26.3 Å². The van der Waals surface area contributed by atoms with Gasteiger partial charge in [-0.1, -0.05) is 29.3 Å². The molecule has 0 saturated heterocycles. The Labute approximate surface area is 121 Å². The van der Waals surface area contributed by atoms with Crippen LogP contribution in [0.5, 0.6) is 0 Å². The van der Waals surface area contributed by atoms with Crippen LogP contribution in [-0.2, 0) is 6.42 Å². The molecule has 2 rings (SSSR count). The van der Waals surface area contributed by atoms with E-state index in [0.717, 1.165) is 0 Å². The Balaban J connectivity index is 2.29. The van der Waals surface area contributed by atoms with Gasteiger partial charge in [-0.25, -0.2) is 9.67 Å². The van der Waals surface area contributed by atoms with E-state index in [-0.39, 0.29) is 18.2 Å². The number of nitrogens with zero attached hydrogens (tertiary/aromatic N) is 3. The Kier molecular flexibility index (Phi) is 4.22. The summed E-state index contributed by atoms with van der Waals surface area (Å²) in [5.74, 6) is 0.446. The summed E-state index contributed by atoms with van der Waals surface area (Å²) in [5, 5.41) is 4.80. The van der Waals surface area contributed by atoms with Crippen LogP contribution in [0.4, 0.5) is 0 Å². The van der Waals surface area contributed by atoms with Crippen LogP contribution in [0, 0.1) is 0 Å². The number of aromatic nitrogens is 3. The lowest BCUT2D eigenvalue weighted by molar-refractivity contribution is 0.0989. The van der Waals surface area contributed by atoms with E-state index in [9.17, 15) is 4.79 Å². The van der Waals surface area contributed by atoms with Crippen molar-refractivity contribution in [3.05, 3.63) is 46.0 Å². The maximum absolute atomic E-state index is 12.3. The molecular formula is C13H13Cl2N3O. The zero-order valence-electron chi connectivity index (χ0n) is 10.6. The van der Waals surface area contributed by atoms with E-state index in [1.165, 1.54) is 6.33 Å². The average molecular weight is 298 g/mol. The fourth-order valence-electron chi connectivity index (χ4n) is 1.83. The molecule has 1 aromatic carbocycles. The number of ketones is 1. The smallest absolute Gasteiger partial charge is 0.173 e. The van der Waals surface area contributed by atoms with E-state index in [0.29, 0.717) is 21.4 Å². The average Bonchev–Trinajstić information content (AvgIpc) is 2.76. The summed E-state index contributed by atoms with van der Waals surface area (Å²) >= 11 is 12.0. The molecule has 0 N–H and O–H groups in total. The fourth-order valence-corrected chi connectivity index (χ4v) is 2.44. The predicted molar refractivity (Wildman–Crippen MR) is 74.9 cm³/mol. The third-order valence-corrected chi connectivity index (χ3v) is 3.33. The minimum absolute atomic E-state index is 0.127. The number of hydrogen-bond donors (Lipinski definition) is 0. The standard InChI is InChI=1S/C13H13Cl2N3O/c1-8(2)18-12(16-7-17-18)6-11(19)13-9(14)4-3-5-10(13)15/h3-5,7-8H,6H2,1-2H3. The lowest BCUT2D eigenvalue weighted by Crippen LogP contribution is -2.13. The van der Waals surface area contributed by atoms with Crippen LogP contribution in [-0.4, -0.2) is 20.5 Å². The number of hydrogen-bond acceptors (Lipinski definition) is 3. The molecule has 0 spiro atoms. The van der Waals surface area contributed by atoms with Crippen molar-refractivity contribution in [3.8, 4) is 0 Å². The van der Waals surface area contributed by atoms with Crippen LogP contribution in [0.3, 0.4) is 0 Å². The molecule has 0 saturated carbocycles. The molecule has 0 radical (unpaired) electrons. The summed E-state index contributed by atoms with van der Waals surface area (Å²) in [4.78, 5) is 16.4. The molecular weight excluding hydrogens is 285 g/mol. The SMILES string of the molecule is CC(C)n1ncnc1CC(=O)c1c(Cl)cccc1Cl. The summed E-state index contributed by atoms with van der Waals surface area (Å²) in [6.45, 7) is 3.95. The normalized spacial score (nSPS) is 11.0. The lowest BCUT2D eigenvalue weighted by atomic mass is 10.1. The van der Waals surface area contributed by atoms with Gasteiger partial charge in [-0.2, -0.15) is 5.10 Å². The van der Waals surface area contributed by atoms with Crippen LogP contribution < -0.4 is 0 Å². The van der Waals surface area contributed by atoms with Gasteiger partial charge < -0.3 is 0 Å². The molecule has 0 aliphatic rings. The van der Waals surface area contributed by atoms with Gasteiger partial charge >= 0.3 is 0 Å². The molecule has 0 unspecified atom stereocenters. The Morgan fingerprint density at radius 1 is 1.32 bits per heavy atom. The van der Waals surface area contributed by atoms with E-state index in [2.05, 4.69) is 10.1 Å². The van der Waals surface area contributed by atoms with Gasteiger partial charge in [0.1, 0.15) is 12.2 Å². The molecule has 0 aliphatic carbocycles. The molecule has 0 atom stereocenters. The minimum Gasteiger partial charge on any atom is -0.294 e. The third kappa shape index (κ3) is 2.96. The maximum Gasteiger partial charge on any atom is 0.173 e. The van der Waals surface area contributed by atoms with Gasteiger partial charge in [0.2, 0.25) is 0 Å². The molecule has 2 aromatic rings. The first kappa shape index (κ1) is 14.0. The number of carbonyl (C=O) groups is 1. The molecule has 0 aliphatic heterocycles. The highest BCUT2D eigenvalue weighted by atomic mass is 35.5. The zero-order valence-corrected chi connectivity index (χ0v) is 12.1. The summed E-state index contributed by atoms with van der Waals surface area (Å²) in [6.07, 6.45) is 1.57. The molecule has 100 valence electrons. The van der Waals surface area contributed by atoms with Crippen molar-refractivity contribution in [3.63, 3.8) is 0 Å². The monoisotopic (exact) mass is 297 g/mol. The molecule has 6 heteroatoms. The summed E-state index contributed by atoms with van der Waals surface area (Å²) in [7, 11) is 0. The highest BCUT2D eigenvalue weighted by molar-refractivity contribution is 6.39. The van der Waals surface area contributed by atoms with Crippen LogP contribution in [0.25, 0.3) is 0 Å². The fraction of sp³-hybridized carbons (Fsp3) is 0.308. The highest BCUT2D eigenvalue weighted by Gasteiger charge is 2.18. The van der Waals surface area contributed by atoms with Crippen molar-refractivity contribution < 1.29 is 4.79 Å². The quantitative estimate of drug-likeness (QED) is 0.810. The van der Waals surface area contributed by atoms with Crippen molar-refractivity contribution in [2.24, 2.45) is 0 Å². The predicted octanol–water partition coefficient (Wildman–Crippen LogP) is 3.59. The van der Waals surface area contributed by atoms with Crippen LogP contribution in [0.2, 0.25) is 10.0 Å². The number of Topliss-reactive ketones (excluding diaryl/α,β-unsaturated/α-hetero) is 1. The van der Waals surface area contributed by atoms with Gasteiger partial charge in [0, 0.05) is 6.04 Å². The van der Waals surface area contributed by atoms with Gasteiger partial charge in [0.05, 0.1) is 22.0 Å². The maximum atomic E-state index is 12.3. The summed E-state index contributed by atoms with van der Waals surface area (Å²) in [6, 6.07) is 5.15. The van der Waals surface area contributed by atoms with Crippen molar-refractivity contribution in [2.75, 3.05) is 0 Å². The zero-order chi connectivity index (χ0) is 14.0.